The Labute approximate surface area is 89.1 Å². The standard InChI is InChI=1S/C12H15FO2/c1-8(2)15-7-12(14)10-6-9(3)4-5-11(10)13/h4-6,8H,7H2,1-3H3. The molecule has 0 fully saturated rings. The highest BCUT2D eigenvalue weighted by molar-refractivity contribution is 5.97. The molecule has 0 aromatic heterocycles. The number of aryl methyl sites for hydroxylation is 1. The first-order valence-corrected chi connectivity index (χ1v) is 4.91. The average molecular weight is 210 g/mol. The Morgan fingerprint density at radius 3 is 2.73 bits per heavy atom. The molecular formula is C12H15FO2. The van der Waals surface area contributed by atoms with Gasteiger partial charge in [-0.15, -0.1) is 0 Å². The number of ketones is 1. The highest BCUT2D eigenvalue weighted by Gasteiger charge is 2.12. The molecule has 0 aliphatic carbocycles. The molecule has 0 atom stereocenters. The molecule has 0 unspecified atom stereocenters. The molecule has 0 bridgehead atoms. The highest BCUT2D eigenvalue weighted by atomic mass is 19.1. The van der Waals surface area contributed by atoms with Crippen molar-refractivity contribution in [3.63, 3.8) is 0 Å². The van der Waals surface area contributed by atoms with Crippen molar-refractivity contribution < 1.29 is 13.9 Å². The summed E-state index contributed by atoms with van der Waals surface area (Å²) >= 11 is 0. The van der Waals surface area contributed by atoms with Crippen molar-refractivity contribution in [2.24, 2.45) is 0 Å². The predicted octanol–water partition coefficient (Wildman–Crippen LogP) is 2.74. The van der Waals surface area contributed by atoms with Gasteiger partial charge >= 0.3 is 0 Å². The molecule has 0 aliphatic rings. The van der Waals surface area contributed by atoms with E-state index in [2.05, 4.69) is 0 Å². The summed E-state index contributed by atoms with van der Waals surface area (Å²) in [5, 5.41) is 0. The maximum Gasteiger partial charge on any atom is 0.191 e. The van der Waals surface area contributed by atoms with Crippen LogP contribution in [0, 0.1) is 12.7 Å². The Kier molecular flexibility index (Phi) is 3.97. The monoisotopic (exact) mass is 210 g/mol. The van der Waals surface area contributed by atoms with Gasteiger partial charge in [-0.2, -0.15) is 0 Å². The third kappa shape index (κ3) is 3.44. The third-order valence-corrected chi connectivity index (χ3v) is 1.97. The van der Waals surface area contributed by atoms with Crippen LogP contribution in [0.5, 0.6) is 0 Å². The molecule has 3 heteroatoms. The maximum atomic E-state index is 13.3. The van der Waals surface area contributed by atoms with Crippen molar-refractivity contribution in [1.82, 2.24) is 0 Å². The van der Waals surface area contributed by atoms with Crippen LogP contribution >= 0.6 is 0 Å². The van der Waals surface area contributed by atoms with Crippen LogP contribution in [-0.2, 0) is 4.74 Å². The SMILES string of the molecule is Cc1ccc(F)c(C(=O)COC(C)C)c1. The number of hydrogen-bond acceptors (Lipinski definition) is 2. The van der Waals surface area contributed by atoms with Gasteiger partial charge in [-0.1, -0.05) is 11.6 Å². The molecule has 0 aliphatic heterocycles. The zero-order valence-electron chi connectivity index (χ0n) is 9.21. The summed E-state index contributed by atoms with van der Waals surface area (Å²) in [6, 6.07) is 4.48. The van der Waals surface area contributed by atoms with Crippen molar-refractivity contribution in [3.05, 3.63) is 35.1 Å². The van der Waals surface area contributed by atoms with Gasteiger partial charge in [0.1, 0.15) is 12.4 Å². The van der Waals surface area contributed by atoms with E-state index < -0.39 is 5.82 Å². The van der Waals surface area contributed by atoms with Crippen LogP contribution in [0.25, 0.3) is 0 Å². The van der Waals surface area contributed by atoms with Crippen molar-refractivity contribution in [1.29, 1.82) is 0 Å². The molecule has 15 heavy (non-hydrogen) atoms. The number of halogens is 1. The van der Waals surface area contributed by atoms with Gasteiger partial charge in [-0.3, -0.25) is 4.79 Å². The summed E-state index contributed by atoms with van der Waals surface area (Å²) in [6.45, 7) is 5.41. The minimum Gasteiger partial charge on any atom is -0.371 e. The summed E-state index contributed by atoms with van der Waals surface area (Å²) in [5.41, 5.74) is 0.972. The van der Waals surface area contributed by atoms with E-state index in [1.165, 1.54) is 6.07 Å². The number of carbonyl (C=O) groups is 1. The summed E-state index contributed by atoms with van der Waals surface area (Å²) in [5.74, 6) is -0.803. The molecule has 2 nitrogen and oxygen atoms in total. The van der Waals surface area contributed by atoms with Crippen molar-refractivity contribution in [3.8, 4) is 0 Å². The van der Waals surface area contributed by atoms with Gasteiger partial charge in [-0.25, -0.2) is 4.39 Å². The van der Waals surface area contributed by atoms with Crippen molar-refractivity contribution in [2.75, 3.05) is 6.61 Å². The first-order valence-electron chi connectivity index (χ1n) is 4.91. The molecule has 0 radical (unpaired) electrons. The summed E-state index contributed by atoms with van der Waals surface area (Å²) in [6.07, 6.45) is -0.0261. The molecular weight excluding hydrogens is 195 g/mol. The predicted molar refractivity (Wildman–Crippen MR) is 56.6 cm³/mol. The van der Waals surface area contributed by atoms with Crippen LogP contribution in [0.1, 0.15) is 29.8 Å². The molecule has 82 valence electrons. The lowest BCUT2D eigenvalue weighted by Gasteiger charge is -2.07. The third-order valence-electron chi connectivity index (χ3n) is 1.97. The van der Waals surface area contributed by atoms with E-state index in [1.54, 1.807) is 12.1 Å². The van der Waals surface area contributed by atoms with Crippen LogP contribution < -0.4 is 0 Å². The number of Topliss-reactive ketones (excluding diaryl/α,β-unsaturated/α-hetero) is 1. The number of rotatable bonds is 4. The van der Waals surface area contributed by atoms with Gasteiger partial charge < -0.3 is 4.74 Å². The second kappa shape index (κ2) is 5.03. The Morgan fingerprint density at radius 2 is 2.13 bits per heavy atom. The highest BCUT2D eigenvalue weighted by Crippen LogP contribution is 2.11. The summed E-state index contributed by atoms with van der Waals surface area (Å²) in [7, 11) is 0. The normalized spacial score (nSPS) is 10.7. The zero-order valence-corrected chi connectivity index (χ0v) is 9.21. The Balaban J connectivity index is 2.77. The molecule has 0 N–H and O–H groups in total. The van der Waals surface area contributed by atoms with Crippen LogP contribution in [0.3, 0.4) is 0 Å². The lowest BCUT2D eigenvalue weighted by Crippen LogP contribution is -2.14. The number of benzene rings is 1. The number of carbonyl (C=O) groups excluding carboxylic acids is 1. The van der Waals surface area contributed by atoms with E-state index in [4.69, 9.17) is 4.74 Å². The maximum absolute atomic E-state index is 13.3. The van der Waals surface area contributed by atoms with Crippen molar-refractivity contribution in [2.45, 2.75) is 26.9 Å². The van der Waals surface area contributed by atoms with E-state index in [-0.39, 0.29) is 24.1 Å². The van der Waals surface area contributed by atoms with E-state index in [0.717, 1.165) is 5.56 Å². The van der Waals surface area contributed by atoms with Gasteiger partial charge in [0, 0.05) is 0 Å². The number of hydrogen-bond donors (Lipinski definition) is 0. The summed E-state index contributed by atoms with van der Waals surface area (Å²) < 4.78 is 18.4. The van der Waals surface area contributed by atoms with E-state index in [0.29, 0.717) is 0 Å². The first-order chi connectivity index (χ1) is 7.00. The van der Waals surface area contributed by atoms with Gasteiger partial charge in [0.25, 0.3) is 0 Å². The van der Waals surface area contributed by atoms with E-state index in [1.807, 2.05) is 20.8 Å². The van der Waals surface area contributed by atoms with Gasteiger partial charge in [0.05, 0.1) is 11.7 Å². The lowest BCUT2D eigenvalue weighted by atomic mass is 10.1. The van der Waals surface area contributed by atoms with Crippen LogP contribution in [0.2, 0.25) is 0 Å². The molecule has 0 amide bonds. The molecule has 0 saturated carbocycles. The molecule has 0 saturated heterocycles. The quantitative estimate of drug-likeness (QED) is 0.714. The molecule has 0 spiro atoms. The lowest BCUT2D eigenvalue weighted by molar-refractivity contribution is 0.0581. The average Bonchev–Trinajstić information content (AvgIpc) is 2.18. The molecule has 1 aromatic carbocycles. The van der Waals surface area contributed by atoms with Gasteiger partial charge in [0.2, 0.25) is 0 Å². The smallest absolute Gasteiger partial charge is 0.191 e. The minimum absolute atomic E-state index is 0.0261. The second-order valence-electron chi connectivity index (χ2n) is 3.77. The van der Waals surface area contributed by atoms with Crippen molar-refractivity contribution >= 4 is 5.78 Å². The van der Waals surface area contributed by atoms with Crippen LogP contribution in [-0.4, -0.2) is 18.5 Å². The first kappa shape index (κ1) is 11.9. The fourth-order valence-corrected chi connectivity index (χ4v) is 1.17. The Bertz CT molecular complexity index is 359. The fourth-order valence-electron chi connectivity index (χ4n) is 1.17. The second-order valence-corrected chi connectivity index (χ2v) is 3.77. The Morgan fingerprint density at radius 1 is 1.47 bits per heavy atom. The van der Waals surface area contributed by atoms with Gasteiger partial charge in [-0.05, 0) is 32.9 Å². The molecule has 1 aromatic rings. The largest absolute Gasteiger partial charge is 0.371 e. The fraction of sp³-hybridized carbons (Fsp3) is 0.417. The summed E-state index contributed by atoms with van der Waals surface area (Å²) in [4.78, 5) is 11.6. The van der Waals surface area contributed by atoms with Crippen LogP contribution in [0.15, 0.2) is 18.2 Å². The number of ether oxygens (including phenoxy) is 1. The topological polar surface area (TPSA) is 26.3 Å². The molecule has 0 heterocycles. The zero-order chi connectivity index (χ0) is 11.4. The Hall–Kier alpha value is -1.22. The van der Waals surface area contributed by atoms with Gasteiger partial charge in [0.15, 0.2) is 5.78 Å². The minimum atomic E-state index is -0.488. The van der Waals surface area contributed by atoms with E-state index >= 15 is 0 Å². The molecule has 1 rings (SSSR count). The van der Waals surface area contributed by atoms with Crippen LogP contribution in [0.4, 0.5) is 4.39 Å². The van der Waals surface area contributed by atoms with E-state index in [9.17, 15) is 9.18 Å².